The zero-order valence-corrected chi connectivity index (χ0v) is 15.8. The van der Waals surface area contributed by atoms with Crippen LogP contribution in [0, 0.1) is 0 Å². The quantitative estimate of drug-likeness (QED) is 0.722. The summed E-state index contributed by atoms with van der Waals surface area (Å²) in [5, 5.41) is 0. The van der Waals surface area contributed by atoms with Crippen molar-refractivity contribution in [3.05, 3.63) is 64.1 Å². The smallest absolute Gasteiger partial charge is 0.254 e. The van der Waals surface area contributed by atoms with Crippen molar-refractivity contribution in [3.63, 3.8) is 0 Å². The van der Waals surface area contributed by atoms with Gasteiger partial charge in [0.05, 0.1) is 25.5 Å². The Kier molecular flexibility index (Phi) is 5.03. The van der Waals surface area contributed by atoms with Gasteiger partial charge in [-0.3, -0.25) is 9.69 Å². The molecule has 1 aliphatic rings. The Balaban J connectivity index is 1.61. The van der Waals surface area contributed by atoms with Crippen molar-refractivity contribution in [2.24, 2.45) is 0 Å². The second-order valence-electron chi connectivity index (χ2n) is 6.61. The van der Waals surface area contributed by atoms with Crippen molar-refractivity contribution < 1.29 is 9.47 Å². The van der Waals surface area contributed by atoms with Gasteiger partial charge in [-0.15, -0.1) is 0 Å². The van der Waals surface area contributed by atoms with Crippen molar-refractivity contribution in [2.75, 3.05) is 20.8 Å². The fourth-order valence-electron chi connectivity index (χ4n) is 3.43. The molecule has 144 valence electrons. The van der Waals surface area contributed by atoms with Crippen LogP contribution in [0.2, 0.25) is 0 Å². The van der Waals surface area contributed by atoms with E-state index in [1.807, 2.05) is 18.2 Å². The Labute approximate surface area is 162 Å². The highest BCUT2D eigenvalue weighted by molar-refractivity contribution is 5.52. The SMILES string of the molecule is COc1ccc(OC)c(CN2CCc3c(nc(-c4cncnc4)[nH]c3=O)C2)c1. The average Bonchev–Trinajstić information content (AvgIpc) is 2.74. The molecule has 0 aliphatic carbocycles. The van der Waals surface area contributed by atoms with E-state index in [1.165, 1.54) is 6.33 Å². The molecule has 0 fully saturated rings. The molecule has 1 N–H and O–H groups in total. The van der Waals surface area contributed by atoms with E-state index >= 15 is 0 Å². The van der Waals surface area contributed by atoms with Crippen LogP contribution in [0.15, 0.2) is 41.7 Å². The van der Waals surface area contributed by atoms with Crippen LogP contribution in [0.4, 0.5) is 0 Å². The van der Waals surface area contributed by atoms with E-state index in [0.29, 0.717) is 30.9 Å². The minimum absolute atomic E-state index is 0.0949. The highest BCUT2D eigenvalue weighted by atomic mass is 16.5. The Morgan fingerprint density at radius 1 is 1.18 bits per heavy atom. The summed E-state index contributed by atoms with van der Waals surface area (Å²) in [7, 11) is 3.31. The summed E-state index contributed by atoms with van der Waals surface area (Å²) in [4.78, 5) is 30.3. The zero-order valence-electron chi connectivity index (χ0n) is 15.8. The Hall–Kier alpha value is -3.26. The monoisotopic (exact) mass is 379 g/mol. The number of H-pyrrole nitrogens is 1. The van der Waals surface area contributed by atoms with Crippen molar-refractivity contribution in [1.82, 2.24) is 24.8 Å². The largest absolute Gasteiger partial charge is 0.497 e. The van der Waals surface area contributed by atoms with Gasteiger partial charge in [0, 0.05) is 43.2 Å². The molecule has 3 heterocycles. The first kappa shape index (κ1) is 18.1. The summed E-state index contributed by atoms with van der Waals surface area (Å²) in [6.07, 6.45) is 5.37. The van der Waals surface area contributed by atoms with E-state index < -0.39 is 0 Å². The molecular weight excluding hydrogens is 358 g/mol. The molecule has 0 amide bonds. The number of nitrogens with one attached hydrogen (secondary N) is 1. The van der Waals surface area contributed by atoms with Crippen molar-refractivity contribution in [1.29, 1.82) is 0 Å². The van der Waals surface area contributed by atoms with E-state index in [0.717, 1.165) is 34.9 Å². The number of hydrogen-bond donors (Lipinski definition) is 1. The van der Waals surface area contributed by atoms with Gasteiger partial charge in [0.15, 0.2) is 0 Å². The van der Waals surface area contributed by atoms with E-state index in [9.17, 15) is 4.79 Å². The maximum Gasteiger partial charge on any atom is 0.254 e. The molecule has 28 heavy (non-hydrogen) atoms. The Bertz CT molecular complexity index is 1040. The van der Waals surface area contributed by atoms with Gasteiger partial charge in [0.2, 0.25) is 0 Å². The summed E-state index contributed by atoms with van der Waals surface area (Å²) in [6, 6.07) is 5.76. The maximum atomic E-state index is 12.5. The van der Waals surface area contributed by atoms with Crippen LogP contribution in [-0.4, -0.2) is 45.6 Å². The van der Waals surface area contributed by atoms with Gasteiger partial charge < -0.3 is 14.5 Å². The summed E-state index contributed by atoms with van der Waals surface area (Å²) in [6.45, 7) is 2.03. The highest BCUT2D eigenvalue weighted by Crippen LogP contribution is 2.27. The van der Waals surface area contributed by atoms with Gasteiger partial charge in [-0.2, -0.15) is 0 Å². The summed E-state index contributed by atoms with van der Waals surface area (Å²) >= 11 is 0. The number of aromatic amines is 1. The molecule has 1 aliphatic heterocycles. The lowest BCUT2D eigenvalue weighted by molar-refractivity contribution is 0.236. The molecule has 2 aromatic heterocycles. The molecular formula is C20H21N5O3. The number of benzene rings is 1. The summed E-state index contributed by atoms with van der Waals surface area (Å²) in [5.41, 5.74) is 3.16. The maximum absolute atomic E-state index is 12.5. The topological polar surface area (TPSA) is 93.2 Å². The molecule has 3 aromatic rings. The molecule has 8 heteroatoms. The lowest BCUT2D eigenvalue weighted by Gasteiger charge is -2.28. The average molecular weight is 379 g/mol. The van der Waals surface area contributed by atoms with Crippen LogP contribution in [0.25, 0.3) is 11.4 Å². The van der Waals surface area contributed by atoms with Crippen LogP contribution in [0.1, 0.15) is 16.8 Å². The van der Waals surface area contributed by atoms with Crippen molar-refractivity contribution >= 4 is 0 Å². The number of hydrogen-bond acceptors (Lipinski definition) is 7. The zero-order chi connectivity index (χ0) is 19.5. The molecule has 4 rings (SSSR count). The fourth-order valence-corrected chi connectivity index (χ4v) is 3.43. The molecule has 0 saturated carbocycles. The Morgan fingerprint density at radius 2 is 2.00 bits per heavy atom. The predicted octanol–water partition coefficient (Wildman–Crippen LogP) is 1.80. The number of ether oxygens (including phenoxy) is 2. The molecule has 0 unspecified atom stereocenters. The number of nitrogens with zero attached hydrogens (tertiary/aromatic N) is 4. The number of fused-ring (bicyclic) bond motifs is 1. The second kappa shape index (κ2) is 7.77. The minimum Gasteiger partial charge on any atom is -0.497 e. The number of methoxy groups -OCH3 is 2. The third-order valence-electron chi connectivity index (χ3n) is 4.87. The first-order valence-corrected chi connectivity index (χ1v) is 8.98. The molecule has 0 bridgehead atoms. The first-order valence-electron chi connectivity index (χ1n) is 8.98. The molecule has 0 spiro atoms. The second-order valence-corrected chi connectivity index (χ2v) is 6.61. The van der Waals surface area contributed by atoms with Gasteiger partial charge in [0.25, 0.3) is 5.56 Å². The fraction of sp³-hybridized carbons (Fsp3) is 0.300. The van der Waals surface area contributed by atoms with E-state index in [4.69, 9.17) is 9.47 Å². The van der Waals surface area contributed by atoms with E-state index in [-0.39, 0.29) is 5.56 Å². The third-order valence-corrected chi connectivity index (χ3v) is 4.87. The standard InChI is InChI=1S/C20H21N5O3/c1-27-15-3-4-18(28-2)13(7-15)10-25-6-5-16-17(11-25)23-19(24-20(16)26)14-8-21-12-22-9-14/h3-4,7-9,12H,5-6,10-11H2,1-2H3,(H,23,24,26). The molecule has 0 atom stereocenters. The molecule has 1 aromatic carbocycles. The predicted molar refractivity (Wildman–Crippen MR) is 103 cm³/mol. The number of aromatic nitrogens is 4. The van der Waals surface area contributed by atoms with E-state index in [1.54, 1.807) is 26.6 Å². The normalized spacial score (nSPS) is 13.8. The van der Waals surface area contributed by atoms with Crippen LogP contribution < -0.4 is 15.0 Å². The lowest BCUT2D eigenvalue weighted by Crippen LogP contribution is -2.35. The van der Waals surface area contributed by atoms with Crippen LogP contribution in [-0.2, 0) is 19.5 Å². The number of rotatable bonds is 5. The summed E-state index contributed by atoms with van der Waals surface area (Å²) in [5.74, 6) is 2.09. The van der Waals surface area contributed by atoms with Gasteiger partial charge in [0.1, 0.15) is 23.7 Å². The van der Waals surface area contributed by atoms with Crippen molar-refractivity contribution in [2.45, 2.75) is 19.5 Å². The molecule has 0 radical (unpaired) electrons. The van der Waals surface area contributed by atoms with Gasteiger partial charge >= 0.3 is 0 Å². The van der Waals surface area contributed by atoms with Crippen LogP contribution in [0.5, 0.6) is 11.5 Å². The van der Waals surface area contributed by atoms with Crippen molar-refractivity contribution in [3.8, 4) is 22.9 Å². The van der Waals surface area contributed by atoms with Crippen LogP contribution in [0.3, 0.4) is 0 Å². The third kappa shape index (κ3) is 3.59. The molecule has 0 saturated heterocycles. The summed E-state index contributed by atoms with van der Waals surface area (Å²) < 4.78 is 10.8. The minimum atomic E-state index is -0.0949. The highest BCUT2D eigenvalue weighted by Gasteiger charge is 2.22. The van der Waals surface area contributed by atoms with E-state index in [2.05, 4.69) is 24.8 Å². The first-order chi connectivity index (χ1) is 13.7. The van der Waals surface area contributed by atoms with Gasteiger partial charge in [-0.25, -0.2) is 15.0 Å². The van der Waals surface area contributed by atoms with Crippen LogP contribution >= 0.6 is 0 Å². The van der Waals surface area contributed by atoms with Gasteiger partial charge in [-0.05, 0) is 24.6 Å². The lowest BCUT2D eigenvalue weighted by atomic mass is 10.0. The molecule has 8 nitrogen and oxygen atoms in total. The Morgan fingerprint density at radius 3 is 2.75 bits per heavy atom. The van der Waals surface area contributed by atoms with Gasteiger partial charge in [-0.1, -0.05) is 0 Å².